The summed E-state index contributed by atoms with van der Waals surface area (Å²) in [7, 11) is 1.79. The number of urea groups is 1. The molecule has 0 saturated carbocycles. The predicted octanol–water partition coefficient (Wildman–Crippen LogP) is 1.46. The van der Waals surface area contributed by atoms with Crippen molar-refractivity contribution < 1.29 is 4.79 Å². The van der Waals surface area contributed by atoms with Crippen LogP contribution in [0.2, 0.25) is 0 Å². The molecule has 1 unspecified atom stereocenters. The van der Waals surface area contributed by atoms with Gasteiger partial charge in [-0.3, -0.25) is 0 Å². The number of nitrogens with zero attached hydrogens (tertiary/aromatic N) is 2. The third-order valence-corrected chi connectivity index (χ3v) is 1.85. The molecule has 0 N–H and O–H groups in total. The summed E-state index contributed by atoms with van der Waals surface area (Å²) in [6, 6.07) is 0.180. The molecule has 3 nitrogen and oxygen atoms in total. The fraction of sp³-hybridized carbons (Fsp3) is 0.875. The minimum atomic E-state index is -0.109. The highest BCUT2D eigenvalue weighted by molar-refractivity contribution is 5.73. The molecule has 0 spiro atoms. The normalized spacial score (nSPS) is 12.4. The molecule has 0 aliphatic heterocycles. The van der Waals surface area contributed by atoms with Gasteiger partial charge < -0.3 is 4.90 Å². The summed E-state index contributed by atoms with van der Waals surface area (Å²) in [5.74, 6) is 0. The average Bonchev–Trinajstić information content (AvgIpc) is 2.02. The second kappa shape index (κ2) is 4.99. The smallest absolute Gasteiger partial charge is 0.324 e. The molecule has 2 amide bonds. The zero-order valence-electron chi connectivity index (χ0n) is 7.79. The lowest BCUT2D eigenvalue weighted by atomic mass is 10.2. The molecular formula is C8H17N2O. The molecule has 0 bridgehead atoms. The Labute approximate surface area is 68.8 Å². The fourth-order valence-electron chi connectivity index (χ4n) is 0.709. The summed E-state index contributed by atoms with van der Waals surface area (Å²) in [5, 5.41) is 3.78. The molecular weight excluding hydrogens is 140 g/mol. The van der Waals surface area contributed by atoms with Crippen LogP contribution < -0.4 is 5.32 Å². The number of hydrogen-bond acceptors (Lipinski definition) is 1. The molecule has 3 heteroatoms. The molecule has 0 heterocycles. The lowest BCUT2D eigenvalue weighted by Gasteiger charge is -2.22. The highest BCUT2D eigenvalue weighted by Gasteiger charge is 2.13. The van der Waals surface area contributed by atoms with Crippen molar-refractivity contribution in [2.45, 2.75) is 33.2 Å². The van der Waals surface area contributed by atoms with E-state index in [9.17, 15) is 4.79 Å². The van der Waals surface area contributed by atoms with Crippen molar-refractivity contribution in [3.63, 3.8) is 0 Å². The minimum absolute atomic E-state index is 0.109. The second-order valence-corrected chi connectivity index (χ2v) is 2.63. The van der Waals surface area contributed by atoms with Gasteiger partial charge in [-0.1, -0.05) is 6.92 Å². The van der Waals surface area contributed by atoms with Crippen LogP contribution >= 0.6 is 0 Å². The van der Waals surface area contributed by atoms with E-state index in [-0.39, 0.29) is 12.1 Å². The molecule has 0 aromatic rings. The van der Waals surface area contributed by atoms with Crippen LogP contribution in [0.4, 0.5) is 4.79 Å². The SMILES string of the molecule is CC[N]C(=O)N(C)C(C)CC. The predicted molar refractivity (Wildman–Crippen MR) is 45.6 cm³/mol. The summed E-state index contributed by atoms with van der Waals surface area (Å²) in [6.45, 7) is 6.51. The van der Waals surface area contributed by atoms with Crippen LogP contribution in [0.5, 0.6) is 0 Å². The van der Waals surface area contributed by atoms with Gasteiger partial charge in [0.05, 0.1) is 0 Å². The van der Waals surface area contributed by atoms with Crippen LogP contribution in [0.15, 0.2) is 0 Å². The first-order valence-corrected chi connectivity index (χ1v) is 4.07. The summed E-state index contributed by atoms with van der Waals surface area (Å²) in [6.07, 6.45) is 0.974. The van der Waals surface area contributed by atoms with Crippen molar-refractivity contribution in [3.05, 3.63) is 0 Å². The van der Waals surface area contributed by atoms with Crippen LogP contribution in [0.1, 0.15) is 27.2 Å². The number of carbonyl (C=O) groups excluding carboxylic acids is 1. The number of rotatable bonds is 3. The van der Waals surface area contributed by atoms with Gasteiger partial charge in [0.15, 0.2) is 0 Å². The van der Waals surface area contributed by atoms with Gasteiger partial charge in [0, 0.05) is 19.6 Å². The Balaban J connectivity index is 3.80. The summed E-state index contributed by atoms with van der Waals surface area (Å²) < 4.78 is 0. The van der Waals surface area contributed by atoms with Gasteiger partial charge in [-0.25, -0.2) is 10.1 Å². The topological polar surface area (TPSA) is 34.4 Å². The Morgan fingerprint density at radius 2 is 2.09 bits per heavy atom. The number of amides is 2. The Morgan fingerprint density at radius 3 is 2.45 bits per heavy atom. The van der Waals surface area contributed by atoms with Gasteiger partial charge in [-0.15, -0.1) is 0 Å². The number of carbonyl (C=O) groups is 1. The van der Waals surface area contributed by atoms with Crippen molar-refractivity contribution in [1.29, 1.82) is 0 Å². The first-order chi connectivity index (χ1) is 5.13. The van der Waals surface area contributed by atoms with Gasteiger partial charge in [0.2, 0.25) is 0 Å². The zero-order valence-corrected chi connectivity index (χ0v) is 7.79. The van der Waals surface area contributed by atoms with Gasteiger partial charge in [0.25, 0.3) is 0 Å². The lowest BCUT2D eigenvalue weighted by Crippen LogP contribution is -2.38. The largest absolute Gasteiger partial charge is 0.338 e. The highest BCUT2D eigenvalue weighted by Crippen LogP contribution is 1.99. The molecule has 0 saturated heterocycles. The van der Waals surface area contributed by atoms with E-state index in [1.54, 1.807) is 11.9 Å². The van der Waals surface area contributed by atoms with E-state index in [1.807, 2.05) is 13.8 Å². The zero-order chi connectivity index (χ0) is 8.85. The molecule has 0 aromatic heterocycles. The minimum Gasteiger partial charge on any atom is -0.324 e. The van der Waals surface area contributed by atoms with Crippen LogP contribution in [0.25, 0.3) is 0 Å². The molecule has 1 atom stereocenters. The van der Waals surface area contributed by atoms with Gasteiger partial charge >= 0.3 is 6.03 Å². The van der Waals surface area contributed by atoms with E-state index in [1.165, 1.54) is 0 Å². The van der Waals surface area contributed by atoms with Crippen LogP contribution in [0.3, 0.4) is 0 Å². The first kappa shape index (κ1) is 10.3. The van der Waals surface area contributed by atoms with Crippen LogP contribution in [-0.4, -0.2) is 30.6 Å². The molecule has 0 aromatic carbocycles. The number of hydrogen-bond donors (Lipinski definition) is 0. The second-order valence-electron chi connectivity index (χ2n) is 2.63. The van der Waals surface area contributed by atoms with Gasteiger partial charge in [-0.05, 0) is 20.3 Å². The summed E-state index contributed by atoms with van der Waals surface area (Å²) in [5.41, 5.74) is 0. The fourth-order valence-corrected chi connectivity index (χ4v) is 0.709. The monoisotopic (exact) mass is 157 g/mol. The average molecular weight is 157 g/mol. The van der Waals surface area contributed by atoms with E-state index in [4.69, 9.17) is 0 Å². The first-order valence-electron chi connectivity index (χ1n) is 4.07. The lowest BCUT2D eigenvalue weighted by molar-refractivity contribution is 0.192. The molecule has 0 aliphatic rings. The summed E-state index contributed by atoms with van der Waals surface area (Å²) in [4.78, 5) is 12.8. The van der Waals surface area contributed by atoms with E-state index >= 15 is 0 Å². The van der Waals surface area contributed by atoms with Crippen molar-refractivity contribution in [2.75, 3.05) is 13.6 Å². The van der Waals surface area contributed by atoms with Gasteiger partial charge in [-0.2, -0.15) is 0 Å². The third-order valence-electron chi connectivity index (χ3n) is 1.85. The van der Waals surface area contributed by atoms with E-state index in [2.05, 4.69) is 12.2 Å². The van der Waals surface area contributed by atoms with E-state index < -0.39 is 0 Å². The Kier molecular flexibility index (Phi) is 4.66. The highest BCUT2D eigenvalue weighted by atomic mass is 16.2. The van der Waals surface area contributed by atoms with Crippen molar-refractivity contribution in [1.82, 2.24) is 10.2 Å². The van der Waals surface area contributed by atoms with E-state index in [0.717, 1.165) is 6.42 Å². The van der Waals surface area contributed by atoms with E-state index in [0.29, 0.717) is 6.54 Å². The Morgan fingerprint density at radius 1 is 1.55 bits per heavy atom. The molecule has 65 valence electrons. The Hall–Kier alpha value is -0.730. The van der Waals surface area contributed by atoms with Gasteiger partial charge in [0.1, 0.15) is 0 Å². The molecule has 0 fully saturated rings. The summed E-state index contributed by atoms with van der Waals surface area (Å²) >= 11 is 0. The molecule has 11 heavy (non-hydrogen) atoms. The Bertz CT molecular complexity index is 125. The quantitative estimate of drug-likeness (QED) is 0.610. The van der Waals surface area contributed by atoms with Crippen LogP contribution in [-0.2, 0) is 0 Å². The third kappa shape index (κ3) is 3.25. The molecule has 0 rings (SSSR count). The molecule has 0 aliphatic carbocycles. The van der Waals surface area contributed by atoms with Crippen LogP contribution in [0, 0.1) is 0 Å². The standard InChI is InChI=1S/C8H17N2O/c1-5-7(3)10(4)8(11)9-6-2/h7H,5-6H2,1-4H3. The van der Waals surface area contributed by atoms with Crippen molar-refractivity contribution in [2.24, 2.45) is 0 Å². The maximum Gasteiger partial charge on any atom is 0.338 e. The van der Waals surface area contributed by atoms with Crippen molar-refractivity contribution in [3.8, 4) is 0 Å². The van der Waals surface area contributed by atoms with Crippen molar-refractivity contribution >= 4 is 6.03 Å². The maximum absolute atomic E-state index is 11.1. The molecule has 1 radical (unpaired) electrons. The maximum atomic E-state index is 11.1.